The second-order valence-electron chi connectivity index (χ2n) is 4.95. The number of rotatable bonds is 6. The van der Waals surface area contributed by atoms with Gasteiger partial charge in [-0.25, -0.2) is 9.59 Å². The molecule has 2 rings (SSSR count). The third kappa shape index (κ3) is 3.28. The van der Waals surface area contributed by atoms with Crippen molar-refractivity contribution in [3.05, 3.63) is 45.7 Å². The van der Waals surface area contributed by atoms with Crippen LogP contribution in [0.2, 0.25) is 0 Å². The standard InChI is InChI=1S/C16H16N2O5S/c1-2-7-24-9-6-4-3-5-8(9)10-11(15(20)21)13(17)18-14(19)12(10)16(22)23/h3-6H,2,7H2,1H3,(H,20,21)(H,22,23)(H3,17,18,19). The maximum absolute atomic E-state index is 12.1. The van der Waals surface area contributed by atoms with E-state index in [0.29, 0.717) is 10.5 Å². The van der Waals surface area contributed by atoms with Crippen LogP contribution in [0.15, 0.2) is 34.0 Å². The summed E-state index contributed by atoms with van der Waals surface area (Å²) in [5, 5.41) is 18.9. The first-order valence-electron chi connectivity index (χ1n) is 7.13. The Hall–Kier alpha value is -2.74. The van der Waals surface area contributed by atoms with Gasteiger partial charge in [-0.3, -0.25) is 4.79 Å². The van der Waals surface area contributed by atoms with E-state index in [1.807, 2.05) is 6.92 Å². The van der Waals surface area contributed by atoms with E-state index in [1.54, 1.807) is 24.3 Å². The number of pyridine rings is 1. The second-order valence-corrected chi connectivity index (χ2v) is 6.08. The Balaban J connectivity index is 2.90. The maximum atomic E-state index is 12.1. The molecule has 0 atom stereocenters. The SMILES string of the molecule is CCCSc1ccccc1-c1c(C(=O)O)c(N)[nH]c(=O)c1C(=O)O. The van der Waals surface area contributed by atoms with Gasteiger partial charge in [-0.2, -0.15) is 0 Å². The van der Waals surface area contributed by atoms with E-state index in [9.17, 15) is 24.6 Å². The van der Waals surface area contributed by atoms with E-state index in [-0.39, 0.29) is 11.4 Å². The number of aromatic amines is 1. The largest absolute Gasteiger partial charge is 0.478 e. The number of carboxylic acid groups (broad SMARTS) is 2. The number of benzene rings is 1. The minimum absolute atomic E-state index is 0.171. The van der Waals surface area contributed by atoms with E-state index in [1.165, 1.54) is 11.8 Å². The molecule has 1 heterocycles. The summed E-state index contributed by atoms with van der Waals surface area (Å²) in [6.07, 6.45) is 0.883. The van der Waals surface area contributed by atoms with Gasteiger partial charge >= 0.3 is 11.9 Å². The zero-order valence-corrected chi connectivity index (χ0v) is 13.6. The minimum atomic E-state index is -1.51. The lowest BCUT2D eigenvalue weighted by atomic mass is 9.95. The highest BCUT2D eigenvalue weighted by molar-refractivity contribution is 7.99. The molecule has 0 unspecified atom stereocenters. The lowest BCUT2D eigenvalue weighted by Crippen LogP contribution is -2.24. The van der Waals surface area contributed by atoms with Gasteiger partial charge in [-0.15, -0.1) is 11.8 Å². The number of hydrogen-bond acceptors (Lipinski definition) is 5. The lowest BCUT2D eigenvalue weighted by Gasteiger charge is -2.15. The molecule has 24 heavy (non-hydrogen) atoms. The van der Waals surface area contributed by atoms with Crippen molar-refractivity contribution in [3.63, 3.8) is 0 Å². The topological polar surface area (TPSA) is 133 Å². The summed E-state index contributed by atoms with van der Waals surface area (Å²) < 4.78 is 0. The van der Waals surface area contributed by atoms with Gasteiger partial charge in [0.05, 0.1) is 0 Å². The third-order valence-electron chi connectivity index (χ3n) is 3.29. The summed E-state index contributed by atoms with van der Waals surface area (Å²) in [4.78, 5) is 38.0. The fourth-order valence-corrected chi connectivity index (χ4v) is 3.25. The van der Waals surface area contributed by atoms with Crippen LogP contribution < -0.4 is 11.3 Å². The van der Waals surface area contributed by atoms with Crippen LogP contribution in [-0.2, 0) is 0 Å². The van der Waals surface area contributed by atoms with Gasteiger partial charge in [-0.1, -0.05) is 25.1 Å². The summed E-state index contributed by atoms with van der Waals surface area (Å²) in [5.74, 6) is -2.52. The maximum Gasteiger partial charge on any atom is 0.342 e. The first kappa shape index (κ1) is 17.6. The molecule has 0 aliphatic heterocycles. The van der Waals surface area contributed by atoms with Gasteiger partial charge < -0.3 is 20.9 Å². The molecule has 5 N–H and O–H groups in total. The van der Waals surface area contributed by atoms with E-state index in [4.69, 9.17) is 5.73 Å². The molecule has 2 aromatic rings. The van der Waals surface area contributed by atoms with Crippen LogP contribution in [0.4, 0.5) is 5.82 Å². The van der Waals surface area contributed by atoms with Gasteiger partial charge in [-0.05, 0) is 23.8 Å². The van der Waals surface area contributed by atoms with Crippen molar-refractivity contribution in [2.75, 3.05) is 11.5 Å². The van der Waals surface area contributed by atoms with Crippen molar-refractivity contribution in [2.24, 2.45) is 0 Å². The Bertz CT molecular complexity index is 860. The average Bonchev–Trinajstić information content (AvgIpc) is 2.51. The van der Waals surface area contributed by atoms with Crippen molar-refractivity contribution >= 4 is 29.5 Å². The van der Waals surface area contributed by atoms with E-state index in [0.717, 1.165) is 12.2 Å². The van der Waals surface area contributed by atoms with Crippen LogP contribution >= 0.6 is 11.8 Å². The number of H-pyrrole nitrogens is 1. The molecule has 126 valence electrons. The fourth-order valence-electron chi connectivity index (χ4n) is 2.33. The molecule has 0 fully saturated rings. The average molecular weight is 348 g/mol. The van der Waals surface area contributed by atoms with E-state index < -0.39 is 28.6 Å². The predicted molar refractivity (Wildman–Crippen MR) is 91.8 cm³/mol. The number of carbonyl (C=O) groups is 2. The summed E-state index contributed by atoms with van der Waals surface area (Å²) in [5.41, 5.74) is 3.85. The number of aromatic nitrogens is 1. The number of nitrogen functional groups attached to an aromatic ring is 1. The number of carboxylic acids is 2. The molecule has 0 spiro atoms. The minimum Gasteiger partial charge on any atom is -0.478 e. The Morgan fingerprint density at radius 3 is 2.38 bits per heavy atom. The number of hydrogen-bond donors (Lipinski definition) is 4. The highest BCUT2D eigenvalue weighted by Crippen LogP contribution is 2.36. The molecule has 0 bridgehead atoms. The number of nitrogens with one attached hydrogen (secondary N) is 1. The van der Waals surface area contributed by atoms with Crippen LogP contribution in [0.5, 0.6) is 0 Å². The highest BCUT2D eigenvalue weighted by atomic mass is 32.2. The molecule has 1 aromatic heterocycles. The lowest BCUT2D eigenvalue weighted by molar-refractivity contribution is 0.0695. The summed E-state index contributed by atoms with van der Waals surface area (Å²) in [7, 11) is 0. The number of aromatic carboxylic acids is 2. The third-order valence-corrected chi connectivity index (χ3v) is 4.57. The van der Waals surface area contributed by atoms with Crippen LogP contribution in [0.1, 0.15) is 34.1 Å². The molecular weight excluding hydrogens is 332 g/mol. The molecule has 0 aliphatic rings. The molecule has 0 amide bonds. The Morgan fingerprint density at radius 1 is 1.17 bits per heavy atom. The van der Waals surface area contributed by atoms with Crippen molar-refractivity contribution in [2.45, 2.75) is 18.2 Å². The van der Waals surface area contributed by atoms with Crippen molar-refractivity contribution < 1.29 is 19.8 Å². The van der Waals surface area contributed by atoms with Gasteiger partial charge in [0, 0.05) is 10.5 Å². The number of anilines is 1. The van der Waals surface area contributed by atoms with Gasteiger partial charge in [0.25, 0.3) is 5.56 Å². The monoisotopic (exact) mass is 348 g/mol. The molecule has 1 aromatic carbocycles. The van der Waals surface area contributed by atoms with E-state index >= 15 is 0 Å². The molecule has 8 heteroatoms. The van der Waals surface area contributed by atoms with Gasteiger partial charge in [0.2, 0.25) is 0 Å². The van der Waals surface area contributed by atoms with Crippen LogP contribution in [0.3, 0.4) is 0 Å². The number of thioether (sulfide) groups is 1. The molecular formula is C16H16N2O5S. The first-order chi connectivity index (χ1) is 11.4. The van der Waals surface area contributed by atoms with Crippen LogP contribution in [0.25, 0.3) is 11.1 Å². The highest BCUT2D eigenvalue weighted by Gasteiger charge is 2.27. The predicted octanol–water partition coefficient (Wildman–Crippen LogP) is 2.52. The van der Waals surface area contributed by atoms with Crippen LogP contribution in [-0.4, -0.2) is 32.9 Å². The Kier molecular flexibility index (Phi) is 5.30. The zero-order chi connectivity index (χ0) is 17.9. The normalized spacial score (nSPS) is 10.5. The molecule has 0 radical (unpaired) electrons. The van der Waals surface area contributed by atoms with Gasteiger partial charge in [0.1, 0.15) is 16.9 Å². The van der Waals surface area contributed by atoms with Gasteiger partial charge in [0.15, 0.2) is 0 Å². The number of nitrogens with two attached hydrogens (primary N) is 1. The fraction of sp³-hybridized carbons (Fsp3) is 0.188. The van der Waals surface area contributed by atoms with Crippen LogP contribution in [0, 0.1) is 0 Å². The quantitative estimate of drug-likeness (QED) is 0.589. The van der Waals surface area contributed by atoms with Crippen molar-refractivity contribution in [1.29, 1.82) is 0 Å². The Labute approximate surface area is 141 Å². The molecule has 0 saturated carbocycles. The van der Waals surface area contributed by atoms with E-state index in [2.05, 4.69) is 4.98 Å². The second kappa shape index (κ2) is 7.22. The first-order valence-corrected chi connectivity index (χ1v) is 8.11. The Morgan fingerprint density at radius 2 is 1.79 bits per heavy atom. The van der Waals surface area contributed by atoms with Crippen molar-refractivity contribution in [3.8, 4) is 11.1 Å². The summed E-state index contributed by atoms with van der Waals surface area (Å²) >= 11 is 1.46. The molecule has 0 aliphatic carbocycles. The molecule has 7 nitrogen and oxygen atoms in total. The molecule has 0 saturated heterocycles. The summed E-state index contributed by atoms with van der Waals surface area (Å²) in [6.45, 7) is 1.99. The smallest absolute Gasteiger partial charge is 0.342 e. The zero-order valence-electron chi connectivity index (χ0n) is 12.8. The summed E-state index contributed by atoms with van der Waals surface area (Å²) in [6, 6.07) is 6.76. The van der Waals surface area contributed by atoms with Crippen molar-refractivity contribution in [1.82, 2.24) is 4.98 Å².